The van der Waals surface area contributed by atoms with Gasteiger partial charge in [0.2, 0.25) is 5.91 Å². The lowest BCUT2D eigenvalue weighted by molar-refractivity contribution is -0.121. The minimum absolute atomic E-state index is 0.0330. The molecule has 1 atom stereocenters. The molecule has 3 nitrogen and oxygen atoms in total. The van der Waals surface area contributed by atoms with Gasteiger partial charge in [-0.05, 0) is 50.1 Å². The van der Waals surface area contributed by atoms with E-state index >= 15 is 0 Å². The summed E-state index contributed by atoms with van der Waals surface area (Å²) < 4.78 is 18.5. The van der Waals surface area contributed by atoms with Crippen molar-refractivity contribution in [3.05, 3.63) is 65.5 Å². The van der Waals surface area contributed by atoms with E-state index in [2.05, 4.69) is 5.32 Å². The molecule has 23 heavy (non-hydrogen) atoms. The number of amides is 1. The largest absolute Gasteiger partial charge is 0.491 e. The Labute approximate surface area is 136 Å². The first kappa shape index (κ1) is 17.0. The molecule has 0 fully saturated rings. The second kappa shape index (κ2) is 8.32. The summed E-state index contributed by atoms with van der Waals surface area (Å²) in [6, 6.07) is 14.0. The van der Waals surface area contributed by atoms with Crippen molar-refractivity contribution >= 4 is 5.91 Å². The topological polar surface area (TPSA) is 38.3 Å². The van der Waals surface area contributed by atoms with Gasteiger partial charge in [0.05, 0.1) is 6.04 Å². The molecule has 122 valence electrons. The second-order valence-electron chi connectivity index (χ2n) is 5.72. The number of aryl methyl sites for hydroxylation is 2. The number of carbonyl (C=O) groups is 1. The zero-order valence-corrected chi connectivity index (χ0v) is 13.5. The molecule has 0 unspecified atom stereocenters. The summed E-state index contributed by atoms with van der Waals surface area (Å²) in [5.74, 6) is 0.498. The molecule has 2 rings (SSSR count). The third-order valence-corrected chi connectivity index (χ3v) is 3.48. The van der Waals surface area contributed by atoms with Gasteiger partial charge in [0.1, 0.15) is 18.2 Å². The van der Waals surface area contributed by atoms with Crippen LogP contribution in [0.15, 0.2) is 48.5 Å². The van der Waals surface area contributed by atoms with Crippen molar-refractivity contribution in [1.29, 1.82) is 0 Å². The number of hydrogen-bond acceptors (Lipinski definition) is 2. The zero-order chi connectivity index (χ0) is 16.7. The van der Waals surface area contributed by atoms with Gasteiger partial charge in [-0.1, -0.05) is 29.8 Å². The SMILES string of the molecule is Cc1ccc(OC[C@H](C)NC(=O)CCc2ccc(F)cc2)cc1. The number of carbonyl (C=O) groups excluding carboxylic acids is 1. The van der Waals surface area contributed by atoms with E-state index in [-0.39, 0.29) is 17.8 Å². The van der Waals surface area contributed by atoms with Gasteiger partial charge in [0.25, 0.3) is 0 Å². The highest BCUT2D eigenvalue weighted by Crippen LogP contribution is 2.11. The van der Waals surface area contributed by atoms with E-state index in [0.717, 1.165) is 11.3 Å². The van der Waals surface area contributed by atoms with Gasteiger partial charge >= 0.3 is 0 Å². The lowest BCUT2D eigenvalue weighted by atomic mass is 10.1. The number of benzene rings is 2. The Morgan fingerprint density at radius 3 is 2.43 bits per heavy atom. The van der Waals surface area contributed by atoms with E-state index in [9.17, 15) is 9.18 Å². The van der Waals surface area contributed by atoms with Crippen molar-refractivity contribution in [2.75, 3.05) is 6.61 Å². The van der Waals surface area contributed by atoms with Crippen molar-refractivity contribution in [3.63, 3.8) is 0 Å². The monoisotopic (exact) mass is 315 g/mol. The minimum Gasteiger partial charge on any atom is -0.491 e. The quantitative estimate of drug-likeness (QED) is 0.847. The standard InChI is InChI=1S/C19H22FNO2/c1-14-3-10-18(11-4-14)23-13-15(2)21-19(22)12-7-16-5-8-17(20)9-6-16/h3-6,8-11,15H,7,12-13H2,1-2H3,(H,21,22)/t15-/m0/s1. The summed E-state index contributed by atoms with van der Waals surface area (Å²) in [6.45, 7) is 4.35. The third kappa shape index (κ3) is 6.10. The molecule has 0 aliphatic heterocycles. The fourth-order valence-electron chi connectivity index (χ4n) is 2.15. The second-order valence-corrected chi connectivity index (χ2v) is 5.72. The van der Waals surface area contributed by atoms with Crippen molar-refractivity contribution in [1.82, 2.24) is 5.32 Å². The molecule has 0 saturated carbocycles. The molecular formula is C19H22FNO2. The van der Waals surface area contributed by atoms with Crippen LogP contribution in [0.5, 0.6) is 5.75 Å². The average Bonchev–Trinajstić information content (AvgIpc) is 2.54. The Morgan fingerprint density at radius 1 is 1.13 bits per heavy atom. The normalized spacial score (nSPS) is 11.8. The van der Waals surface area contributed by atoms with E-state index < -0.39 is 0 Å². The van der Waals surface area contributed by atoms with Gasteiger partial charge < -0.3 is 10.1 Å². The lowest BCUT2D eigenvalue weighted by Gasteiger charge is -2.15. The molecule has 2 aromatic rings. The third-order valence-electron chi connectivity index (χ3n) is 3.48. The fourth-order valence-corrected chi connectivity index (χ4v) is 2.15. The molecule has 0 saturated heterocycles. The van der Waals surface area contributed by atoms with Crippen LogP contribution >= 0.6 is 0 Å². The molecule has 0 bridgehead atoms. The number of rotatable bonds is 7. The first-order chi connectivity index (χ1) is 11.0. The van der Waals surface area contributed by atoms with Crippen LogP contribution < -0.4 is 10.1 Å². The lowest BCUT2D eigenvalue weighted by Crippen LogP contribution is -2.36. The first-order valence-corrected chi connectivity index (χ1v) is 7.76. The number of hydrogen-bond donors (Lipinski definition) is 1. The Hall–Kier alpha value is -2.36. The van der Waals surface area contributed by atoms with Crippen LogP contribution in [0.1, 0.15) is 24.5 Å². The molecule has 0 aromatic heterocycles. The summed E-state index contributed by atoms with van der Waals surface area (Å²) in [5, 5.41) is 2.91. The van der Waals surface area contributed by atoms with Crippen LogP contribution in [-0.4, -0.2) is 18.6 Å². The highest BCUT2D eigenvalue weighted by molar-refractivity contribution is 5.76. The summed E-state index contributed by atoms with van der Waals surface area (Å²) in [4.78, 5) is 11.9. The van der Waals surface area contributed by atoms with E-state index in [1.165, 1.54) is 17.7 Å². The van der Waals surface area contributed by atoms with Crippen molar-refractivity contribution in [2.45, 2.75) is 32.7 Å². The smallest absolute Gasteiger partial charge is 0.220 e. The van der Waals surface area contributed by atoms with E-state index in [1.807, 2.05) is 38.1 Å². The zero-order valence-electron chi connectivity index (χ0n) is 13.5. The highest BCUT2D eigenvalue weighted by Gasteiger charge is 2.08. The average molecular weight is 315 g/mol. The summed E-state index contributed by atoms with van der Waals surface area (Å²) in [7, 11) is 0. The Morgan fingerprint density at radius 2 is 1.78 bits per heavy atom. The van der Waals surface area contributed by atoms with Crippen LogP contribution in [-0.2, 0) is 11.2 Å². The molecule has 1 amide bonds. The van der Waals surface area contributed by atoms with Gasteiger partial charge in [0.15, 0.2) is 0 Å². The predicted molar refractivity (Wildman–Crippen MR) is 89.0 cm³/mol. The maximum absolute atomic E-state index is 12.8. The summed E-state index contributed by atoms with van der Waals surface area (Å²) >= 11 is 0. The summed E-state index contributed by atoms with van der Waals surface area (Å²) in [5.41, 5.74) is 2.13. The van der Waals surface area contributed by atoms with Gasteiger partial charge in [-0.25, -0.2) is 4.39 Å². The number of ether oxygens (including phenoxy) is 1. The summed E-state index contributed by atoms with van der Waals surface area (Å²) in [6.07, 6.45) is 0.970. The van der Waals surface area contributed by atoms with E-state index in [1.54, 1.807) is 12.1 Å². The molecule has 0 aliphatic carbocycles. The molecule has 0 radical (unpaired) electrons. The number of halogens is 1. The van der Waals surface area contributed by atoms with Crippen molar-refractivity contribution in [2.24, 2.45) is 0 Å². The van der Waals surface area contributed by atoms with Crippen LogP contribution in [0.25, 0.3) is 0 Å². The van der Waals surface area contributed by atoms with Gasteiger partial charge in [-0.2, -0.15) is 0 Å². The Bertz CT molecular complexity index is 623. The van der Waals surface area contributed by atoms with Gasteiger partial charge in [-0.3, -0.25) is 4.79 Å². The van der Waals surface area contributed by atoms with Gasteiger partial charge in [-0.15, -0.1) is 0 Å². The molecule has 0 aliphatic rings. The van der Waals surface area contributed by atoms with Crippen LogP contribution in [0.3, 0.4) is 0 Å². The van der Waals surface area contributed by atoms with Gasteiger partial charge in [0, 0.05) is 6.42 Å². The molecule has 4 heteroatoms. The van der Waals surface area contributed by atoms with Crippen LogP contribution in [0, 0.1) is 12.7 Å². The molecular weight excluding hydrogens is 293 g/mol. The fraction of sp³-hybridized carbons (Fsp3) is 0.316. The molecule has 2 aromatic carbocycles. The maximum Gasteiger partial charge on any atom is 0.220 e. The van der Waals surface area contributed by atoms with Crippen LogP contribution in [0.4, 0.5) is 4.39 Å². The molecule has 1 N–H and O–H groups in total. The number of nitrogens with one attached hydrogen (secondary N) is 1. The predicted octanol–water partition coefficient (Wildman–Crippen LogP) is 3.65. The maximum atomic E-state index is 12.8. The van der Waals surface area contributed by atoms with Crippen molar-refractivity contribution < 1.29 is 13.9 Å². The highest BCUT2D eigenvalue weighted by atomic mass is 19.1. The first-order valence-electron chi connectivity index (χ1n) is 7.76. The molecule has 0 heterocycles. The van der Waals surface area contributed by atoms with E-state index in [4.69, 9.17) is 4.74 Å². The van der Waals surface area contributed by atoms with E-state index in [0.29, 0.717) is 19.4 Å². The van der Waals surface area contributed by atoms with Crippen molar-refractivity contribution in [3.8, 4) is 5.75 Å². The minimum atomic E-state index is -0.264. The Balaban J connectivity index is 1.69. The Kier molecular flexibility index (Phi) is 6.15. The van der Waals surface area contributed by atoms with Crippen LogP contribution in [0.2, 0.25) is 0 Å². The molecule has 0 spiro atoms.